The van der Waals surface area contributed by atoms with Crippen LogP contribution in [0.4, 0.5) is 0 Å². The van der Waals surface area contributed by atoms with Crippen LogP contribution < -0.4 is 5.56 Å². The first-order valence-electron chi connectivity index (χ1n) is 6.61. The van der Waals surface area contributed by atoms with Crippen LogP contribution in [0.2, 0.25) is 0 Å². The van der Waals surface area contributed by atoms with Gasteiger partial charge >= 0.3 is 5.97 Å². The van der Waals surface area contributed by atoms with Crippen LogP contribution in [0.1, 0.15) is 21.9 Å². The van der Waals surface area contributed by atoms with E-state index in [1.165, 1.54) is 7.05 Å². The topological polar surface area (TPSA) is 87.2 Å². The molecule has 2 aromatic heterocycles. The van der Waals surface area contributed by atoms with Crippen molar-refractivity contribution >= 4 is 16.7 Å². The van der Waals surface area contributed by atoms with E-state index in [1.54, 1.807) is 37.3 Å². The Bertz CT molecular complexity index is 911. The molecule has 112 valence electrons. The lowest BCUT2D eigenvalue weighted by Crippen LogP contribution is -2.23. The zero-order valence-corrected chi connectivity index (χ0v) is 12.1. The second-order valence-electron chi connectivity index (χ2n) is 4.83. The second-order valence-corrected chi connectivity index (χ2v) is 4.83. The van der Waals surface area contributed by atoms with Gasteiger partial charge in [-0.2, -0.15) is 5.10 Å². The maximum atomic E-state index is 12.2. The van der Waals surface area contributed by atoms with Crippen LogP contribution in [0.25, 0.3) is 10.8 Å². The molecule has 7 nitrogen and oxygen atoms in total. The molecule has 0 unspecified atom stereocenters. The Hall–Kier alpha value is -2.96. The molecule has 0 aliphatic carbocycles. The summed E-state index contributed by atoms with van der Waals surface area (Å²) in [6, 6.07) is 8.46. The third-order valence-corrected chi connectivity index (χ3v) is 3.17. The number of benzene rings is 1. The molecule has 0 spiro atoms. The third-order valence-electron chi connectivity index (χ3n) is 3.17. The number of aryl methyl sites for hydroxylation is 2. The number of aromatic nitrogens is 3. The highest BCUT2D eigenvalue weighted by Crippen LogP contribution is 2.15. The lowest BCUT2D eigenvalue weighted by atomic mass is 10.1. The Kier molecular flexibility index (Phi) is 3.46. The largest absolute Gasteiger partial charge is 0.453 e. The summed E-state index contributed by atoms with van der Waals surface area (Å²) < 4.78 is 11.3. The van der Waals surface area contributed by atoms with Gasteiger partial charge in [-0.3, -0.25) is 4.79 Å². The smallest absolute Gasteiger partial charge is 0.359 e. The van der Waals surface area contributed by atoms with Crippen molar-refractivity contribution in [2.75, 3.05) is 0 Å². The number of nitrogens with zero attached hydrogens (tertiary/aromatic N) is 3. The molecule has 0 aliphatic rings. The Morgan fingerprint density at radius 2 is 2.05 bits per heavy atom. The number of rotatable bonds is 3. The van der Waals surface area contributed by atoms with Crippen LogP contribution in [0.5, 0.6) is 0 Å². The van der Waals surface area contributed by atoms with Crippen molar-refractivity contribution in [1.29, 1.82) is 0 Å². The third kappa shape index (κ3) is 2.48. The molecule has 0 aliphatic heterocycles. The predicted molar refractivity (Wildman–Crippen MR) is 77.3 cm³/mol. The van der Waals surface area contributed by atoms with Crippen LogP contribution in [-0.2, 0) is 18.4 Å². The minimum atomic E-state index is -0.624. The van der Waals surface area contributed by atoms with Gasteiger partial charge < -0.3 is 9.26 Å². The number of carbonyl (C=O) groups is 1. The van der Waals surface area contributed by atoms with Gasteiger partial charge in [0.25, 0.3) is 5.56 Å². The van der Waals surface area contributed by atoms with Gasteiger partial charge in [0.2, 0.25) is 0 Å². The van der Waals surface area contributed by atoms with E-state index in [0.717, 1.165) is 4.68 Å². The highest BCUT2D eigenvalue weighted by atomic mass is 16.5. The monoisotopic (exact) mass is 299 g/mol. The van der Waals surface area contributed by atoms with E-state index in [1.807, 2.05) is 0 Å². The van der Waals surface area contributed by atoms with E-state index >= 15 is 0 Å². The molecule has 0 saturated heterocycles. The molecule has 7 heteroatoms. The van der Waals surface area contributed by atoms with Crippen molar-refractivity contribution < 1.29 is 14.1 Å². The van der Waals surface area contributed by atoms with Gasteiger partial charge in [-0.15, -0.1) is 0 Å². The molecule has 0 N–H and O–H groups in total. The maximum absolute atomic E-state index is 12.2. The van der Waals surface area contributed by atoms with Crippen LogP contribution in [0, 0.1) is 6.92 Å². The highest BCUT2D eigenvalue weighted by Gasteiger charge is 2.17. The van der Waals surface area contributed by atoms with Crippen LogP contribution in [0.3, 0.4) is 0 Å². The molecule has 3 rings (SSSR count). The van der Waals surface area contributed by atoms with Crippen molar-refractivity contribution in [1.82, 2.24) is 14.9 Å². The molecule has 0 fully saturated rings. The fourth-order valence-electron chi connectivity index (χ4n) is 2.14. The summed E-state index contributed by atoms with van der Waals surface area (Å²) >= 11 is 0. The fraction of sp³-hybridized carbons (Fsp3) is 0.200. The van der Waals surface area contributed by atoms with Gasteiger partial charge in [-0.1, -0.05) is 23.4 Å². The van der Waals surface area contributed by atoms with Crippen LogP contribution in [-0.4, -0.2) is 20.9 Å². The summed E-state index contributed by atoms with van der Waals surface area (Å²) in [7, 11) is 1.49. The molecular formula is C15H13N3O4. The molecule has 0 atom stereocenters. The Morgan fingerprint density at radius 1 is 1.32 bits per heavy atom. The molecule has 2 heterocycles. The normalized spacial score (nSPS) is 10.8. The number of hydrogen-bond donors (Lipinski definition) is 0. The van der Waals surface area contributed by atoms with Gasteiger partial charge in [0.1, 0.15) is 0 Å². The molecular weight excluding hydrogens is 286 g/mol. The van der Waals surface area contributed by atoms with E-state index in [0.29, 0.717) is 22.2 Å². The van der Waals surface area contributed by atoms with E-state index in [-0.39, 0.29) is 17.9 Å². The van der Waals surface area contributed by atoms with Crippen molar-refractivity contribution in [3.8, 4) is 0 Å². The summed E-state index contributed by atoms with van der Waals surface area (Å²) in [4.78, 5) is 24.3. The zero-order chi connectivity index (χ0) is 15.7. The first-order chi connectivity index (χ1) is 10.6. The van der Waals surface area contributed by atoms with Crippen molar-refractivity contribution in [3.05, 3.63) is 57.8 Å². The van der Waals surface area contributed by atoms with Crippen molar-refractivity contribution in [3.63, 3.8) is 0 Å². The lowest BCUT2D eigenvalue weighted by Gasteiger charge is -2.07. The number of fused-ring (bicyclic) bond motifs is 1. The van der Waals surface area contributed by atoms with Crippen LogP contribution >= 0.6 is 0 Å². The quantitative estimate of drug-likeness (QED) is 0.682. The lowest BCUT2D eigenvalue weighted by molar-refractivity contribution is 0.0430. The second kappa shape index (κ2) is 5.44. The molecule has 0 amide bonds. The number of hydrogen-bond acceptors (Lipinski definition) is 6. The zero-order valence-electron chi connectivity index (χ0n) is 12.1. The Balaban J connectivity index is 1.94. The fourth-order valence-corrected chi connectivity index (χ4v) is 2.14. The van der Waals surface area contributed by atoms with Crippen molar-refractivity contribution in [2.24, 2.45) is 7.05 Å². The standard InChI is InChI=1S/C15H13N3O4/c1-9-7-10(22-17-9)8-21-15(20)13-11-5-3-4-6-12(11)14(19)18(2)16-13/h3-7H,8H2,1-2H3. The SMILES string of the molecule is Cc1cc(COC(=O)c2nn(C)c(=O)c3ccccc23)on1. The first-order valence-corrected chi connectivity index (χ1v) is 6.61. The number of carbonyl (C=O) groups excluding carboxylic acids is 1. The van der Waals surface area contributed by atoms with E-state index in [4.69, 9.17) is 9.26 Å². The molecule has 1 aromatic carbocycles. The minimum Gasteiger partial charge on any atom is -0.453 e. The predicted octanol–water partition coefficient (Wildman–Crippen LogP) is 1.59. The van der Waals surface area contributed by atoms with Gasteiger partial charge in [-0.25, -0.2) is 9.48 Å². The Morgan fingerprint density at radius 3 is 2.73 bits per heavy atom. The Labute approximate surface area is 125 Å². The average molecular weight is 299 g/mol. The molecule has 22 heavy (non-hydrogen) atoms. The average Bonchev–Trinajstić information content (AvgIpc) is 2.94. The summed E-state index contributed by atoms with van der Waals surface area (Å²) in [5.41, 5.74) is 0.531. The first kappa shape index (κ1) is 14.0. The summed E-state index contributed by atoms with van der Waals surface area (Å²) in [6.07, 6.45) is 0. The minimum absolute atomic E-state index is 0.0431. The van der Waals surface area contributed by atoms with Gasteiger partial charge in [0, 0.05) is 18.5 Å². The van der Waals surface area contributed by atoms with Gasteiger partial charge in [0.15, 0.2) is 18.1 Å². The summed E-state index contributed by atoms with van der Waals surface area (Å²) in [5, 5.41) is 8.60. The van der Waals surface area contributed by atoms with Crippen LogP contribution in [0.15, 0.2) is 39.6 Å². The number of ether oxygens (including phenoxy) is 1. The van der Waals surface area contributed by atoms with Crippen molar-refractivity contribution in [2.45, 2.75) is 13.5 Å². The maximum Gasteiger partial charge on any atom is 0.359 e. The summed E-state index contributed by atoms with van der Waals surface area (Å²) in [6.45, 7) is 1.73. The van der Waals surface area contributed by atoms with Gasteiger partial charge in [-0.05, 0) is 13.0 Å². The molecule has 3 aromatic rings. The van der Waals surface area contributed by atoms with E-state index in [2.05, 4.69) is 10.3 Å². The molecule has 0 saturated carbocycles. The van der Waals surface area contributed by atoms with Gasteiger partial charge in [0.05, 0.1) is 11.1 Å². The highest BCUT2D eigenvalue weighted by molar-refractivity contribution is 6.02. The van der Waals surface area contributed by atoms with E-state index in [9.17, 15) is 9.59 Å². The van der Waals surface area contributed by atoms with E-state index < -0.39 is 5.97 Å². The number of esters is 1. The summed E-state index contributed by atoms with van der Waals surface area (Å²) in [5.74, 6) is -0.180. The molecule has 0 radical (unpaired) electrons. The molecule has 0 bridgehead atoms.